The number of nitrogens with one attached hydrogen (secondary N) is 1. The quantitative estimate of drug-likeness (QED) is 0.321. The minimum absolute atomic E-state index is 0.393. The summed E-state index contributed by atoms with van der Waals surface area (Å²) in [5.41, 5.74) is 2.06. The van der Waals surface area contributed by atoms with Gasteiger partial charge in [-0.25, -0.2) is 9.78 Å². The van der Waals surface area contributed by atoms with Crippen molar-refractivity contribution in [3.05, 3.63) is 67.9 Å². The highest BCUT2D eigenvalue weighted by Crippen LogP contribution is 2.31. The van der Waals surface area contributed by atoms with E-state index in [0.717, 1.165) is 20.4 Å². The van der Waals surface area contributed by atoms with Crippen molar-refractivity contribution < 1.29 is 9.15 Å². The summed E-state index contributed by atoms with van der Waals surface area (Å²) in [6.45, 7) is 0. The number of nitrogens with zero attached hydrogens (tertiary/aromatic N) is 1. The zero-order valence-electron chi connectivity index (χ0n) is 13.7. The van der Waals surface area contributed by atoms with E-state index >= 15 is 0 Å². The number of halogens is 1. The van der Waals surface area contributed by atoms with Gasteiger partial charge in [0.15, 0.2) is 10.7 Å². The van der Waals surface area contributed by atoms with Crippen LogP contribution in [0.2, 0.25) is 0 Å². The molecule has 130 valence electrons. The molecule has 2 aromatic heterocycles. The fourth-order valence-electron chi connectivity index (χ4n) is 2.61. The predicted molar refractivity (Wildman–Crippen MR) is 113 cm³/mol. The van der Waals surface area contributed by atoms with Crippen molar-refractivity contribution in [2.24, 2.45) is 0 Å². The maximum absolute atomic E-state index is 12.4. The molecule has 1 N–H and O–H groups in total. The summed E-state index contributed by atoms with van der Waals surface area (Å²) in [4.78, 5) is 16.9. The van der Waals surface area contributed by atoms with Crippen LogP contribution in [0, 0.1) is 3.57 Å². The number of thiazole rings is 1. The van der Waals surface area contributed by atoms with Crippen molar-refractivity contribution in [3.8, 4) is 17.0 Å². The van der Waals surface area contributed by atoms with Crippen LogP contribution in [0.4, 0.5) is 10.8 Å². The Morgan fingerprint density at radius 3 is 2.88 bits per heavy atom. The number of hydrogen-bond donors (Lipinski definition) is 1. The Kier molecular flexibility index (Phi) is 4.64. The fourth-order valence-corrected chi connectivity index (χ4v) is 3.96. The van der Waals surface area contributed by atoms with Crippen LogP contribution in [0.1, 0.15) is 0 Å². The number of benzene rings is 2. The highest BCUT2D eigenvalue weighted by Gasteiger charge is 2.13. The van der Waals surface area contributed by atoms with Crippen LogP contribution in [0.3, 0.4) is 0 Å². The van der Waals surface area contributed by atoms with Gasteiger partial charge in [0, 0.05) is 10.8 Å². The number of ether oxygens (including phenoxy) is 1. The third kappa shape index (κ3) is 3.19. The van der Waals surface area contributed by atoms with E-state index in [-0.39, 0.29) is 0 Å². The lowest BCUT2D eigenvalue weighted by atomic mass is 10.1. The molecule has 2 aromatic carbocycles. The van der Waals surface area contributed by atoms with Gasteiger partial charge in [-0.3, -0.25) is 0 Å². The van der Waals surface area contributed by atoms with Gasteiger partial charge in [-0.2, -0.15) is 0 Å². The molecule has 0 radical (unpaired) electrons. The molecule has 0 spiro atoms. The second-order valence-electron chi connectivity index (χ2n) is 5.47. The normalized spacial score (nSPS) is 10.8. The zero-order chi connectivity index (χ0) is 18.1. The molecule has 26 heavy (non-hydrogen) atoms. The molecule has 5 nitrogen and oxygen atoms in total. The van der Waals surface area contributed by atoms with Crippen molar-refractivity contribution in [2.75, 3.05) is 12.4 Å². The lowest BCUT2D eigenvalue weighted by Crippen LogP contribution is -2.03. The molecule has 2 heterocycles. The lowest BCUT2D eigenvalue weighted by molar-refractivity contribution is 0.417. The number of para-hydroxylation sites is 3. The first-order valence-corrected chi connectivity index (χ1v) is 9.70. The van der Waals surface area contributed by atoms with Crippen molar-refractivity contribution in [3.63, 3.8) is 0 Å². The maximum Gasteiger partial charge on any atom is 0.345 e. The SMILES string of the molecule is COc1ccccc1Nc1nc(-c2cc3cccc(I)c3oc2=O)cs1. The minimum atomic E-state index is -0.393. The van der Waals surface area contributed by atoms with Crippen LogP contribution in [-0.4, -0.2) is 12.1 Å². The van der Waals surface area contributed by atoms with Crippen molar-refractivity contribution in [1.82, 2.24) is 4.98 Å². The Labute approximate surface area is 166 Å². The monoisotopic (exact) mass is 476 g/mol. The summed E-state index contributed by atoms with van der Waals surface area (Å²) in [6.07, 6.45) is 0. The molecule has 0 atom stereocenters. The standard InChI is InChI=1S/C19H13IN2O3S/c1-24-16-8-3-2-7-14(16)21-19-22-15(10-26-19)12-9-11-5-4-6-13(20)17(11)25-18(12)23/h2-10H,1H3,(H,21,22). The van der Waals surface area contributed by atoms with E-state index in [1.165, 1.54) is 11.3 Å². The minimum Gasteiger partial charge on any atom is -0.495 e. The summed E-state index contributed by atoms with van der Waals surface area (Å²) in [6, 6.07) is 15.2. The summed E-state index contributed by atoms with van der Waals surface area (Å²) in [5.74, 6) is 0.726. The first kappa shape index (κ1) is 17.0. The smallest absolute Gasteiger partial charge is 0.345 e. The Morgan fingerprint density at radius 1 is 1.19 bits per heavy atom. The second kappa shape index (κ2) is 7.08. The molecule has 0 aliphatic carbocycles. The van der Waals surface area contributed by atoms with E-state index in [2.05, 4.69) is 32.9 Å². The molecule has 0 unspecified atom stereocenters. The number of fused-ring (bicyclic) bond motifs is 1. The number of anilines is 2. The number of hydrogen-bond acceptors (Lipinski definition) is 6. The molecule has 0 saturated carbocycles. The van der Waals surface area contributed by atoms with Gasteiger partial charge in [0.25, 0.3) is 0 Å². The molecule has 0 saturated heterocycles. The van der Waals surface area contributed by atoms with Gasteiger partial charge in [0.1, 0.15) is 5.75 Å². The van der Waals surface area contributed by atoms with E-state index in [4.69, 9.17) is 9.15 Å². The number of rotatable bonds is 4. The van der Waals surface area contributed by atoms with Crippen LogP contribution in [0.15, 0.2) is 63.1 Å². The van der Waals surface area contributed by atoms with Crippen LogP contribution in [-0.2, 0) is 0 Å². The molecule has 0 fully saturated rings. The molecule has 0 aliphatic rings. The Balaban J connectivity index is 1.71. The molecule has 0 amide bonds. The average Bonchev–Trinajstić information content (AvgIpc) is 3.11. The van der Waals surface area contributed by atoms with E-state index in [0.29, 0.717) is 22.0 Å². The Hall–Kier alpha value is -2.39. The highest BCUT2D eigenvalue weighted by molar-refractivity contribution is 14.1. The van der Waals surface area contributed by atoms with Gasteiger partial charge < -0.3 is 14.5 Å². The third-order valence-corrected chi connectivity index (χ3v) is 5.45. The molecular formula is C19H13IN2O3S. The molecule has 0 aliphatic heterocycles. The van der Waals surface area contributed by atoms with Crippen LogP contribution in [0.25, 0.3) is 22.2 Å². The van der Waals surface area contributed by atoms with E-state index < -0.39 is 5.63 Å². The van der Waals surface area contributed by atoms with E-state index in [1.54, 1.807) is 7.11 Å². The van der Waals surface area contributed by atoms with Gasteiger partial charge in [0.2, 0.25) is 0 Å². The summed E-state index contributed by atoms with van der Waals surface area (Å²) in [5, 5.41) is 6.61. The Morgan fingerprint density at radius 2 is 2.04 bits per heavy atom. The Bertz CT molecular complexity index is 1150. The van der Waals surface area contributed by atoms with Gasteiger partial charge in [-0.05, 0) is 46.9 Å². The highest BCUT2D eigenvalue weighted by atomic mass is 127. The summed E-state index contributed by atoms with van der Waals surface area (Å²) < 4.78 is 11.7. The van der Waals surface area contributed by atoms with Gasteiger partial charge in [-0.15, -0.1) is 11.3 Å². The summed E-state index contributed by atoms with van der Waals surface area (Å²) in [7, 11) is 1.62. The molecule has 4 rings (SSSR count). The number of aromatic nitrogens is 1. The van der Waals surface area contributed by atoms with Gasteiger partial charge in [-0.1, -0.05) is 24.3 Å². The fraction of sp³-hybridized carbons (Fsp3) is 0.0526. The summed E-state index contributed by atoms with van der Waals surface area (Å²) >= 11 is 3.57. The number of methoxy groups -OCH3 is 1. The van der Waals surface area contributed by atoms with Crippen LogP contribution in [0.5, 0.6) is 5.75 Å². The predicted octanol–water partition coefficient (Wildman–Crippen LogP) is 5.27. The maximum atomic E-state index is 12.4. The van der Waals surface area contributed by atoms with Crippen molar-refractivity contribution in [2.45, 2.75) is 0 Å². The van der Waals surface area contributed by atoms with E-state index in [9.17, 15) is 4.79 Å². The first-order chi connectivity index (χ1) is 12.7. The molecule has 0 bridgehead atoms. The van der Waals surface area contributed by atoms with Gasteiger partial charge in [0.05, 0.1) is 27.6 Å². The second-order valence-corrected chi connectivity index (χ2v) is 7.49. The van der Waals surface area contributed by atoms with Crippen molar-refractivity contribution in [1.29, 1.82) is 0 Å². The van der Waals surface area contributed by atoms with Crippen LogP contribution < -0.4 is 15.7 Å². The van der Waals surface area contributed by atoms with Crippen LogP contribution >= 0.6 is 33.9 Å². The van der Waals surface area contributed by atoms with Crippen molar-refractivity contribution >= 4 is 55.7 Å². The zero-order valence-corrected chi connectivity index (χ0v) is 16.6. The lowest BCUT2D eigenvalue weighted by Gasteiger charge is -2.08. The van der Waals surface area contributed by atoms with E-state index in [1.807, 2.05) is 53.9 Å². The topological polar surface area (TPSA) is 64.4 Å². The molecular weight excluding hydrogens is 463 g/mol. The first-order valence-electron chi connectivity index (χ1n) is 7.74. The molecule has 7 heteroatoms. The molecule has 4 aromatic rings. The third-order valence-electron chi connectivity index (χ3n) is 3.84. The average molecular weight is 476 g/mol. The van der Waals surface area contributed by atoms with Gasteiger partial charge >= 0.3 is 5.63 Å². The largest absolute Gasteiger partial charge is 0.495 e.